The number of benzene rings is 10. The molecule has 0 saturated heterocycles. The maximum atomic E-state index is 2.47. The standard InChI is InChI=1S/C52H32N2/c1-3-11-33(12-4-1)37-17-7-19-43(29-37)53-45-21-9-15-35-23-25-39-27-41(31-47(53)51(39)49(35)45)42-28-40-26-24-36-16-10-22-46-50(36)52(40)48(32-42)54(46)44-20-8-18-38(30-44)34-13-5-2-6-14-34/h1-32H. The molecule has 10 aromatic carbocycles. The van der Waals surface area contributed by atoms with Crippen LogP contribution in [0.3, 0.4) is 0 Å². The fraction of sp³-hybridized carbons (Fsp3) is 0. The molecule has 0 saturated carbocycles. The molecule has 12 rings (SSSR count). The third-order valence-electron chi connectivity index (χ3n) is 11.6. The molecular formula is C52H32N2. The second-order valence-electron chi connectivity index (χ2n) is 14.6. The highest BCUT2D eigenvalue weighted by Crippen LogP contribution is 2.45. The quantitative estimate of drug-likeness (QED) is 0.160. The van der Waals surface area contributed by atoms with Crippen molar-refractivity contribution >= 4 is 65.2 Å². The Kier molecular flexibility index (Phi) is 6.09. The zero-order valence-corrected chi connectivity index (χ0v) is 29.4. The fourth-order valence-electron chi connectivity index (χ4n) is 9.19. The second-order valence-corrected chi connectivity index (χ2v) is 14.6. The first-order chi connectivity index (χ1) is 26.8. The normalized spacial score (nSPS) is 12.1. The van der Waals surface area contributed by atoms with Gasteiger partial charge in [0.15, 0.2) is 0 Å². The molecule has 0 N–H and O–H groups in total. The smallest absolute Gasteiger partial charge is 0.0553 e. The first-order valence-electron chi connectivity index (χ1n) is 18.7. The Morgan fingerprint density at radius 2 is 0.611 bits per heavy atom. The molecule has 0 amide bonds. The van der Waals surface area contributed by atoms with Gasteiger partial charge in [0.1, 0.15) is 0 Å². The predicted molar refractivity (Wildman–Crippen MR) is 229 cm³/mol. The molecule has 0 spiro atoms. The van der Waals surface area contributed by atoms with Crippen LogP contribution < -0.4 is 0 Å². The van der Waals surface area contributed by atoms with Gasteiger partial charge < -0.3 is 9.13 Å². The van der Waals surface area contributed by atoms with Crippen LogP contribution in [-0.4, -0.2) is 9.13 Å². The van der Waals surface area contributed by atoms with Gasteiger partial charge in [0, 0.05) is 32.9 Å². The molecule has 2 aromatic heterocycles. The maximum Gasteiger partial charge on any atom is 0.0553 e. The lowest BCUT2D eigenvalue weighted by atomic mass is 9.94. The summed E-state index contributed by atoms with van der Waals surface area (Å²) in [5, 5.41) is 10.3. The molecule has 2 nitrogen and oxygen atoms in total. The van der Waals surface area contributed by atoms with Gasteiger partial charge in [0.05, 0.1) is 22.1 Å². The Balaban J connectivity index is 1.13. The van der Waals surface area contributed by atoms with E-state index >= 15 is 0 Å². The van der Waals surface area contributed by atoms with E-state index in [2.05, 4.69) is 203 Å². The molecule has 0 atom stereocenters. The van der Waals surface area contributed by atoms with E-state index in [1.54, 1.807) is 0 Å². The van der Waals surface area contributed by atoms with Crippen LogP contribution in [0.1, 0.15) is 0 Å². The highest BCUT2D eigenvalue weighted by molar-refractivity contribution is 6.27. The highest BCUT2D eigenvalue weighted by atomic mass is 15.0. The van der Waals surface area contributed by atoms with E-state index in [4.69, 9.17) is 0 Å². The van der Waals surface area contributed by atoms with E-state index in [-0.39, 0.29) is 0 Å². The molecule has 2 heteroatoms. The lowest BCUT2D eigenvalue weighted by Crippen LogP contribution is -1.95. The first kappa shape index (κ1) is 29.4. The van der Waals surface area contributed by atoms with E-state index in [0.717, 1.165) is 11.4 Å². The number of aromatic nitrogens is 2. The van der Waals surface area contributed by atoms with Crippen molar-refractivity contribution in [2.45, 2.75) is 0 Å². The van der Waals surface area contributed by atoms with Gasteiger partial charge in [0.2, 0.25) is 0 Å². The lowest BCUT2D eigenvalue weighted by Gasteiger charge is -2.13. The Morgan fingerprint density at radius 1 is 0.222 bits per heavy atom. The summed E-state index contributed by atoms with van der Waals surface area (Å²) in [4.78, 5) is 0. The molecule has 250 valence electrons. The Bertz CT molecular complexity index is 3140. The first-order valence-corrected chi connectivity index (χ1v) is 18.7. The summed E-state index contributed by atoms with van der Waals surface area (Å²) in [6.07, 6.45) is 0. The zero-order valence-electron chi connectivity index (χ0n) is 29.4. The molecule has 0 aliphatic rings. The topological polar surface area (TPSA) is 9.86 Å². The molecular weight excluding hydrogens is 653 g/mol. The van der Waals surface area contributed by atoms with Crippen LogP contribution >= 0.6 is 0 Å². The molecule has 54 heavy (non-hydrogen) atoms. The minimum absolute atomic E-state index is 1.16. The van der Waals surface area contributed by atoms with Crippen molar-refractivity contribution in [2.75, 3.05) is 0 Å². The van der Waals surface area contributed by atoms with E-state index in [1.807, 2.05) is 0 Å². The van der Waals surface area contributed by atoms with Crippen LogP contribution in [0.25, 0.3) is 110 Å². The van der Waals surface area contributed by atoms with Gasteiger partial charge in [-0.1, -0.05) is 133 Å². The minimum atomic E-state index is 1.16. The van der Waals surface area contributed by atoms with Gasteiger partial charge in [-0.05, 0) is 116 Å². The molecule has 0 bridgehead atoms. The van der Waals surface area contributed by atoms with Gasteiger partial charge in [-0.3, -0.25) is 0 Å². The highest BCUT2D eigenvalue weighted by Gasteiger charge is 2.21. The number of rotatable bonds is 5. The van der Waals surface area contributed by atoms with Gasteiger partial charge in [-0.15, -0.1) is 0 Å². The third-order valence-corrected chi connectivity index (χ3v) is 11.6. The summed E-state index contributed by atoms with van der Waals surface area (Å²) >= 11 is 0. The number of nitrogens with zero attached hydrogens (tertiary/aromatic N) is 2. The molecule has 0 fully saturated rings. The Labute approximate surface area is 312 Å². The molecule has 2 heterocycles. The summed E-state index contributed by atoms with van der Waals surface area (Å²) < 4.78 is 4.95. The van der Waals surface area contributed by atoms with Gasteiger partial charge in [0.25, 0.3) is 0 Å². The molecule has 0 radical (unpaired) electrons. The van der Waals surface area contributed by atoms with Crippen LogP contribution in [-0.2, 0) is 0 Å². The van der Waals surface area contributed by atoms with Crippen molar-refractivity contribution in [3.8, 4) is 44.8 Å². The maximum absolute atomic E-state index is 2.47. The average Bonchev–Trinajstić information content (AvgIpc) is 3.77. The average molecular weight is 685 g/mol. The van der Waals surface area contributed by atoms with Crippen LogP contribution in [0.2, 0.25) is 0 Å². The summed E-state index contributed by atoms with van der Waals surface area (Å²) in [5.41, 5.74) is 14.5. The SMILES string of the molecule is c1ccc(-c2cccc(-n3c4cccc5ccc6cc(-c7cc8ccc9cccc%10c9c8c(c7)n%10-c7cccc(-c8ccccc8)c7)cc3c6c54)c2)cc1. The van der Waals surface area contributed by atoms with Crippen LogP contribution in [0.4, 0.5) is 0 Å². The van der Waals surface area contributed by atoms with Crippen molar-refractivity contribution in [1.29, 1.82) is 0 Å². The molecule has 12 aromatic rings. The summed E-state index contributed by atoms with van der Waals surface area (Å²) in [7, 11) is 0. The van der Waals surface area contributed by atoms with E-state index < -0.39 is 0 Å². The van der Waals surface area contributed by atoms with Crippen LogP contribution in [0.5, 0.6) is 0 Å². The van der Waals surface area contributed by atoms with Crippen molar-refractivity contribution in [1.82, 2.24) is 9.13 Å². The van der Waals surface area contributed by atoms with Gasteiger partial charge in [-0.25, -0.2) is 0 Å². The monoisotopic (exact) mass is 684 g/mol. The van der Waals surface area contributed by atoms with Gasteiger partial charge in [-0.2, -0.15) is 0 Å². The van der Waals surface area contributed by atoms with Crippen molar-refractivity contribution in [3.63, 3.8) is 0 Å². The zero-order chi connectivity index (χ0) is 35.3. The molecule has 0 unspecified atom stereocenters. The number of hydrogen-bond acceptors (Lipinski definition) is 0. The van der Waals surface area contributed by atoms with Crippen molar-refractivity contribution < 1.29 is 0 Å². The van der Waals surface area contributed by atoms with Crippen molar-refractivity contribution in [2.24, 2.45) is 0 Å². The summed E-state index contributed by atoms with van der Waals surface area (Å²) in [5.74, 6) is 0. The third kappa shape index (κ3) is 4.22. The second kappa shape index (κ2) is 11.2. The van der Waals surface area contributed by atoms with E-state index in [0.29, 0.717) is 0 Å². The minimum Gasteiger partial charge on any atom is -0.309 e. The fourth-order valence-corrected chi connectivity index (χ4v) is 9.19. The Morgan fingerprint density at radius 3 is 1.07 bits per heavy atom. The number of hydrogen-bond donors (Lipinski definition) is 0. The predicted octanol–water partition coefficient (Wildman–Crippen LogP) is 14.1. The molecule has 0 aliphatic heterocycles. The van der Waals surface area contributed by atoms with Gasteiger partial charge >= 0.3 is 0 Å². The van der Waals surface area contributed by atoms with E-state index in [1.165, 1.54) is 98.5 Å². The van der Waals surface area contributed by atoms with Crippen molar-refractivity contribution in [3.05, 3.63) is 194 Å². The Hall–Kier alpha value is -7.16. The summed E-state index contributed by atoms with van der Waals surface area (Å²) in [6, 6.07) is 71.5. The largest absolute Gasteiger partial charge is 0.309 e. The van der Waals surface area contributed by atoms with Crippen LogP contribution in [0, 0.1) is 0 Å². The van der Waals surface area contributed by atoms with E-state index in [9.17, 15) is 0 Å². The lowest BCUT2D eigenvalue weighted by molar-refractivity contribution is 1.18. The summed E-state index contributed by atoms with van der Waals surface area (Å²) in [6.45, 7) is 0. The molecule has 0 aliphatic carbocycles. The van der Waals surface area contributed by atoms with Crippen LogP contribution in [0.15, 0.2) is 194 Å².